The summed E-state index contributed by atoms with van der Waals surface area (Å²) in [4.78, 5) is 19.7. The largest absolute Gasteiger partial charge is 0.298 e. The van der Waals surface area contributed by atoms with Crippen molar-refractivity contribution in [3.63, 3.8) is 0 Å². The van der Waals surface area contributed by atoms with Crippen molar-refractivity contribution in [3.8, 4) is 0 Å². The molecule has 1 saturated heterocycles. The number of carbonyl (C=O) groups excluding carboxylic acids is 1. The molecule has 4 rings (SSSR count). The van der Waals surface area contributed by atoms with Crippen molar-refractivity contribution in [2.45, 2.75) is 38.8 Å². The number of hydrogen-bond acceptors (Lipinski definition) is 5. The maximum absolute atomic E-state index is 12.5. The highest BCUT2D eigenvalue weighted by Gasteiger charge is 2.28. The maximum Gasteiger partial charge on any atom is 0.257 e. The van der Waals surface area contributed by atoms with Crippen LogP contribution in [0, 0.1) is 0 Å². The highest BCUT2D eigenvalue weighted by atomic mass is 32.1. The van der Waals surface area contributed by atoms with E-state index in [2.05, 4.69) is 33.7 Å². The molecule has 0 unspecified atom stereocenters. The minimum Gasteiger partial charge on any atom is -0.298 e. The Hall–Kier alpha value is -2.51. The summed E-state index contributed by atoms with van der Waals surface area (Å²) in [6, 6.07) is 10.1. The molecule has 0 aliphatic carbocycles. The smallest absolute Gasteiger partial charge is 0.257 e. The second kappa shape index (κ2) is 8.24. The van der Waals surface area contributed by atoms with Crippen LogP contribution in [0.3, 0.4) is 0 Å². The molecule has 1 N–H and O–H groups in total. The first-order valence-corrected chi connectivity index (χ1v) is 10.6. The molecule has 0 saturated carbocycles. The number of amides is 1. The Kier molecular flexibility index (Phi) is 5.54. The van der Waals surface area contributed by atoms with E-state index in [0.29, 0.717) is 16.7 Å². The molecule has 6 nitrogen and oxygen atoms in total. The van der Waals surface area contributed by atoms with Gasteiger partial charge in [-0.1, -0.05) is 19.1 Å². The number of benzene rings is 1. The predicted molar refractivity (Wildman–Crippen MR) is 111 cm³/mol. The zero-order valence-electron chi connectivity index (χ0n) is 16.3. The zero-order valence-corrected chi connectivity index (χ0v) is 17.1. The van der Waals surface area contributed by atoms with Crippen molar-refractivity contribution in [2.75, 3.05) is 11.9 Å². The standard InChI is InChI=1S/C21H25N5OS/c1-3-15-6-8-16(9-7-15)20(27)24-21-23-18(14-28-21)19-5-4-12-26(19)13-17-10-11-22-25(17)2/h6-11,14,19H,3-5,12-13H2,1-2H3,(H,23,24,27)/t19-/m0/s1. The lowest BCUT2D eigenvalue weighted by Crippen LogP contribution is -2.24. The molecular weight excluding hydrogens is 370 g/mol. The minimum absolute atomic E-state index is 0.110. The summed E-state index contributed by atoms with van der Waals surface area (Å²) in [7, 11) is 1.98. The lowest BCUT2D eigenvalue weighted by molar-refractivity contribution is 0.102. The molecule has 0 spiro atoms. The molecular formula is C21H25N5OS. The van der Waals surface area contributed by atoms with Crippen LogP contribution in [0.1, 0.15) is 53.1 Å². The molecule has 1 atom stereocenters. The van der Waals surface area contributed by atoms with Crippen molar-refractivity contribution >= 4 is 22.4 Å². The first kappa shape index (κ1) is 18.8. The van der Waals surface area contributed by atoms with Crippen molar-refractivity contribution in [1.29, 1.82) is 0 Å². The first-order valence-electron chi connectivity index (χ1n) is 9.70. The highest BCUT2D eigenvalue weighted by Crippen LogP contribution is 2.34. The molecule has 1 amide bonds. The lowest BCUT2D eigenvalue weighted by atomic mass is 10.1. The third-order valence-corrected chi connectivity index (χ3v) is 6.14. The van der Waals surface area contributed by atoms with Gasteiger partial charge in [0.15, 0.2) is 5.13 Å². The number of aryl methyl sites for hydroxylation is 2. The van der Waals surface area contributed by atoms with Crippen LogP contribution in [0.2, 0.25) is 0 Å². The summed E-state index contributed by atoms with van der Waals surface area (Å²) in [5.74, 6) is -0.110. The van der Waals surface area contributed by atoms with Gasteiger partial charge in [-0.3, -0.25) is 19.7 Å². The van der Waals surface area contributed by atoms with Crippen LogP contribution in [-0.4, -0.2) is 32.1 Å². The summed E-state index contributed by atoms with van der Waals surface area (Å²) in [6.45, 7) is 4.02. The van der Waals surface area contributed by atoms with Crippen molar-refractivity contribution < 1.29 is 4.79 Å². The van der Waals surface area contributed by atoms with E-state index in [-0.39, 0.29) is 5.91 Å². The Labute approximate surface area is 169 Å². The van der Waals surface area contributed by atoms with Gasteiger partial charge in [-0.05, 0) is 49.6 Å². The topological polar surface area (TPSA) is 63.1 Å². The van der Waals surface area contributed by atoms with Crippen LogP contribution in [0.15, 0.2) is 41.9 Å². The Morgan fingerprint density at radius 3 is 2.82 bits per heavy atom. The molecule has 2 aromatic heterocycles. The van der Waals surface area contributed by atoms with E-state index in [1.54, 1.807) is 0 Å². The average Bonchev–Trinajstić information content (AvgIpc) is 3.44. The number of anilines is 1. The number of aromatic nitrogens is 3. The molecule has 146 valence electrons. The Morgan fingerprint density at radius 1 is 1.29 bits per heavy atom. The van der Waals surface area contributed by atoms with E-state index in [1.807, 2.05) is 42.2 Å². The van der Waals surface area contributed by atoms with Crippen LogP contribution in [0.25, 0.3) is 0 Å². The van der Waals surface area contributed by atoms with E-state index in [1.165, 1.54) is 22.6 Å². The molecule has 1 aromatic carbocycles. The average molecular weight is 396 g/mol. The van der Waals surface area contributed by atoms with Crippen molar-refractivity contribution in [2.24, 2.45) is 7.05 Å². The predicted octanol–water partition coefficient (Wildman–Crippen LogP) is 4.03. The molecule has 7 heteroatoms. The van der Waals surface area contributed by atoms with Gasteiger partial charge in [-0.15, -0.1) is 11.3 Å². The molecule has 3 heterocycles. The molecule has 28 heavy (non-hydrogen) atoms. The van der Waals surface area contributed by atoms with Crippen molar-refractivity contribution in [1.82, 2.24) is 19.7 Å². The summed E-state index contributed by atoms with van der Waals surface area (Å²) < 4.78 is 1.92. The van der Waals surface area contributed by atoms with Gasteiger partial charge >= 0.3 is 0 Å². The van der Waals surface area contributed by atoms with Crippen LogP contribution < -0.4 is 5.32 Å². The Morgan fingerprint density at radius 2 is 2.11 bits per heavy atom. The normalized spacial score (nSPS) is 17.1. The van der Waals surface area contributed by atoms with Gasteiger partial charge < -0.3 is 0 Å². The third kappa shape index (κ3) is 4.00. The van der Waals surface area contributed by atoms with E-state index >= 15 is 0 Å². The molecule has 1 fully saturated rings. The van der Waals surface area contributed by atoms with Crippen LogP contribution in [-0.2, 0) is 20.0 Å². The number of carbonyl (C=O) groups is 1. The monoisotopic (exact) mass is 395 g/mol. The summed E-state index contributed by atoms with van der Waals surface area (Å²) in [5, 5.41) is 9.94. The second-order valence-corrected chi connectivity index (χ2v) is 8.01. The second-order valence-electron chi connectivity index (χ2n) is 7.16. The fourth-order valence-electron chi connectivity index (χ4n) is 3.67. The molecule has 0 radical (unpaired) electrons. The molecule has 1 aliphatic rings. The van der Waals surface area contributed by atoms with E-state index < -0.39 is 0 Å². The number of nitrogens with zero attached hydrogens (tertiary/aromatic N) is 4. The number of hydrogen-bond donors (Lipinski definition) is 1. The summed E-state index contributed by atoms with van der Waals surface area (Å²) in [5.41, 5.74) is 4.13. The van der Waals surface area contributed by atoms with Gasteiger partial charge in [0.05, 0.1) is 17.4 Å². The number of likely N-dealkylation sites (tertiary alicyclic amines) is 1. The molecule has 3 aromatic rings. The third-order valence-electron chi connectivity index (χ3n) is 5.36. The van der Waals surface area contributed by atoms with E-state index in [0.717, 1.165) is 38.0 Å². The van der Waals surface area contributed by atoms with Gasteiger partial charge in [0.25, 0.3) is 5.91 Å². The lowest BCUT2D eigenvalue weighted by Gasteiger charge is -2.22. The van der Waals surface area contributed by atoms with Crippen LogP contribution in [0.5, 0.6) is 0 Å². The van der Waals surface area contributed by atoms with Crippen LogP contribution >= 0.6 is 11.3 Å². The molecule has 1 aliphatic heterocycles. The fourth-order valence-corrected chi connectivity index (χ4v) is 4.42. The maximum atomic E-state index is 12.5. The number of thiazole rings is 1. The summed E-state index contributed by atoms with van der Waals surface area (Å²) >= 11 is 1.49. The van der Waals surface area contributed by atoms with Gasteiger partial charge in [-0.2, -0.15) is 5.10 Å². The van der Waals surface area contributed by atoms with Gasteiger partial charge in [0.2, 0.25) is 0 Å². The van der Waals surface area contributed by atoms with Gasteiger partial charge in [-0.25, -0.2) is 4.98 Å². The Bertz CT molecular complexity index is 946. The molecule has 0 bridgehead atoms. The fraction of sp³-hybridized carbons (Fsp3) is 0.381. The number of rotatable bonds is 6. The van der Waals surface area contributed by atoms with Crippen LogP contribution in [0.4, 0.5) is 5.13 Å². The number of nitrogens with one attached hydrogen (secondary N) is 1. The SMILES string of the molecule is CCc1ccc(C(=O)Nc2nc([C@@H]3CCCN3Cc3ccnn3C)cs2)cc1. The van der Waals surface area contributed by atoms with Gasteiger partial charge in [0.1, 0.15) is 0 Å². The first-order chi connectivity index (χ1) is 13.6. The summed E-state index contributed by atoms with van der Waals surface area (Å²) in [6.07, 6.45) is 5.05. The van der Waals surface area contributed by atoms with Gasteiger partial charge in [0, 0.05) is 30.7 Å². The Balaban J connectivity index is 1.43. The zero-order chi connectivity index (χ0) is 19.5. The van der Waals surface area contributed by atoms with E-state index in [4.69, 9.17) is 4.98 Å². The highest BCUT2D eigenvalue weighted by molar-refractivity contribution is 7.14. The minimum atomic E-state index is -0.110. The quantitative estimate of drug-likeness (QED) is 0.684. The van der Waals surface area contributed by atoms with Crippen molar-refractivity contribution in [3.05, 3.63) is 64.4 Å². The van der Waals surface area contributed by atoms with E-state index in [9.17, 15) is 4.79 Å².